The Labute approximate surface area is 124 Å². The standard InChI is InChI=1S/C18H19N3/c1-12-5-6-13(2)16(10-12)18(21-19)15-7-8-17-14(11-15)4-3-9-20-17/h3-11,18,21H,19H2,1-2H3. The van der Waals surface area contributed by atoms with Crippen molar-refractivity contribution in [3.63, 3.8) is 0 Å². The summed E-state index contributed by atoms with van der Waals surface area (Å²) in [5, 5.41) is 1.13. The van der Waals surface area contributed by atoms with E-state index in [4.69, 9.17) is 5.84 Å². The zero-order chi connectivity index (χ0) is 14.8. The van der Waals surface area contributed by atoms with Gasteiger partial charge in [0.15, 0.2) is 0 Å². The molecule has 0 radical (unpaired) electrons. The van der Waals surface area contributed by atoms with Gasteiger partial charge in [-0.15, -0.1) is 0 Å². The van der Waals surface area contributed by atoms with Gasteiger partial charge in [-0.3, -0.25) is 10.8 Å². The van der Waals surface area contributed by atoms with Crippen molar-refractivity contribution in [3.05, 3.63) is 77.0 Å². The third-order valence-electron chi connectivity index (χ3n) is 3.87. The second kappa shape index (κ2) is 5.64. The summed E-state index contributed by atoms with van der Waals surface area (Å²) in [5.74, 6) is 5.83. The minimum absolute atomic E-state index is 0.0190. The van der Waals surface area contributed by atoms with Gasteiger partial charge in [-0.25, -0.2) is 5.43 Å². The predicted octanol–water partition coefficient (Wildman–Crippen LogP) is 3.40. The Kier molecular flexibility index (Phi) is 3.69. The van der Waals surface area contributed by atoms with Crippen LogP contribution in [0, 0.1) is 13.8 Å². The summed E-state index contributed by atoms with van der Waals surface area (Å²) in [5.41, 5.74) is 8.77. The highest BCUT2D eigenvalue weighted by molar-refractivity contribution is 5.79. The fraction of sp³-hybridized carbons (Fsp3) is 0.167. The molecule has 0 saturated carbocycles. The van der Waals surface area contributed by atoms with E-state index in [1.165, 1.54) is 16.7 Å². The highest BCUT2D eigenvalue weighted by Gasteiger charge is 2.15. The minimum atomic E-state index is -0.0190. The van der Waals surface area contributed by atoms with E-state index in [2.05, 4.69) is 60.7 Å². The van der Waals surface area contributed by atoms with E-state index in [0.717, 1.165) is 16.5 Å². The van der Waals surface area contributed by atoms with Crippen molar-refractivity contribution in [2.24, 2.45) is 5.84 Å². The largest absolute Gasteiger partial charge is 0.271 e. The van der Waals surface area contributed by atoms with Gasteiger partial charge in [0.1, 0.15) is 0 Å². The van der Waals surface area contributed by atoms with Gasteiger partial charge in [0, 0.05) is 11.6 Å². The number of fused-ring (bicyclic) bond motifs is 1. The zero-order valence-electron chi connectivity index (χ0n) is 12.3. The predicted molar refractivity (Wildman–Crippen MR) is 86.8 cm³/mol. The van der Waals surface area contributed by atoms with Crippen LogP contribution in [0.1, 0.15) is 28.3 Å². The molecule has 0 saturated heterocycles. The van der Waals surface area contributed by atoms with Crippen LogP contribution in [0.2, 0.25) is 0 Å². The van der Waals surface area contributed by atoms with Crippen LogP contribution >= 0.6 is 0 Å². The Balaban J connectivity index is 2.11. The fourth-order valence-electron chi connectivity index (χ4n) is 2.71. The second-order valence-corrected chi connectivity index (χ2v) is 5.42. The molecule has 3 aromatic rings. The summed E-state index contributed by atoms with van der Waals surface area (Å²) in [7, 11) is 0. The van der Waals surface area contributed by atoms with Gasteiger partial charge in [-0.05, 0) is 48.7 Å². The minimum Gasteiger partial charge on any atom is -0.271 e. The van der Waals surface area contributed by atoms with Crippen molar-refractivity contribution in [2.45, 2.75) is 19.9 Å². The Morgan fingerprint density at radius 2 is 1.90 bits per heavy atom. The lowest BCUT2D eigenvalue weighted by Gasteiger charge is -2.20. The van der Waals surface area contributed by atoms with Crippen molar-refractivity contribution < 1.29 is 0 Å². The molecule has 0 aliphatic rings. The quantitative estimate of drug-likeness (QED) is 0.570. The summed E-state index contributed by atoms with van der Waals surface area (Å²) in [4.78, 5) is 4.36. The van der Waals surface area contributed by atoms with Crippen molar-refractivity contribution in [1.29, 1.82) is 0 Å². The molecule has 1 atom stereocenters. The molecule has 0 amide bonds. The molecule has 1 unspecified atom stereocenters. The summed E-state index contributed by atoms with van der Waals surface area (Å²) < 4.78 is 0. The fourth-order valence-corrected chi connectivity index (χ4v) is 2.71. The number of rotatable bonds is 3. The van der Waals surface area contributed by atoms with Crippen LogP contribution < -0.4 is 11.3 Å². The number of aromatic nitrogens is 1. The van der Waals surface area contributed by atoms with Crippen molar-refractivity contribution in [3.8, 4) is 0 Å². The number of aryl methyl sites for hydroxylation is 2. The molecule has 0 aliphatic carbocycles. The molecule has 0 fully saturated rings. The second-order valence-electron chi connectivity index (χ2n) is 5.42. The van der Waals surface area contributed by atoms with Gasteiger partial charge in [0.2, 0.25) is 0 Å². The maximum atomic E-state index is 5.83. The molecule has 3 rings (SSSR count). The molecule has 1 heterocycles. The molecular formula is C18H19N3. The summed E-state index contributed by atoms with van der Waals surface area (Å²) in [6.45, 7) is 4.21. The topological polar surface area (TPSA) is 50.9 Å². The first-order valence-electron chi connectivity index (χ1n) is 7.07. The molecule has 21 heavy (non-hydrogen) atoms. The van der Waals surface area contributed by atoms with E-state index < -0.39 is 0 Å². The summed E-state index contributed by atoms with van der Waals surface area (Å²) in [6, 6.07) is 16.7. The number of nitrogens with zero attached hydrogens (tertiary/aromatic N) is 1. The first-order valence-corrected chi connectivity index (χ1v) is 7.07. The monoisotopic (exact) mass is 277 g/mol. The van der Waals surface area contributed by atoms with E-state index in [1.807, 2.05) is 18.3 Å². The first-order chi connectivity index (χ1) is 10.2. The van der Waals surface area contributed by atoms with Crippen molar-refractivity contribution in [1.82, 2.24) is 10.4 Å². The van der Waals surface area contributed by atoms with Crippen LogP contribution in [0.4, 0.5) is 0 Å². The van der Waals surface area contributed by atoms with E-state index in [9.17, 15) is 0 Å². The highest BCUT2D eigenvalue weighted by Crippen LogP contribution is 2.27. The van der Waals surface area contributed by atoms with E-state index in [1.54, 1.807) is 0 Å². The molecule has 3 heteroatoms. The Hall–Kier alpha value is -2.23. The van der Waals surface area contributed by atoms with Crippen LogP contribution in [-0.2, 0) is 0 Å². The number of nitrogens with one attached hydrogen (secondary N) is 1. The molecule has 0 aliphatic heterocycles. The Morgan fingerprint density at radius 3 is 2.71 bits per heavy atom. The number of hydrazine groups is 1. The SMILES string of the molecule is Cc1ccc(C)c(C(NN)c2ccc3ncccc3c2)c1. The zero-order valence-corrected chi connectivity index (χ0v) is 12.3. The highest BCUT2D eigenvalue weighted by atomic mass is 15.2. The lowest BCUT2D eigenvalue weighted by atomic mass is 9.93. The number of pyridine rings is 1. The number of hydrogen-bond acceptors (Lipinski definition) is 3. The number of benzene rings is 2. The maximum Gasteiger partial charge on any atom is 0.0712 e. The Bertz CT molecular complexity index is 780. The van der Waals surface area contributed by atoms with Gasteiger partial charge in [0.05, 0.1) is 11.6 Å². The van der Waals surface area contributed by atoms with Gasteiger partial charge >= 0.3 is 0 Å². The molecule has 0 spiro atoms. The number of hydrogen-bond donors (Lipinski definition) is 2. The van der Waals surface area contributed by atoms with Crippen LogP contribution in [0.3, 0.4) is 0 Å². The van der Waals surface area contributed by atoms with E-state index >= 15 is 0 Å². The van der Waals surface area contributed by atoms with E-state index in [0.29, 0.717) is 0 Å². The smallest absolute Gasteiger partial charge is 0.0712 e. The van der Waals surface area contributed by atoms with Gasteiger partial charge in [-0.2, -0.15) is 0 Å². The molecule has 3 nitrogen and oxygen atoms in total. The summed E-state index contributed by atoms with van der Waals surface area (Å²) >= 11 is 0. The lowest BCUT2D eigenvalue weighted by Crippen LogP contribution is -2.29. The Morgan fingerprint density at radius 1 is 1.05 bits per heavy atom. The van der Waals surface area contributed by atoms with Gasteiger partial charge in [0.25, 0.3) is 0 Å². The molecule has 1 aromatic heterocycles. The van der Waals surface area contributed by atoms with Crippen LogP contribution in [0.5, 0.6) is 0 Å². The molecule has 3 N–H and O–H groups in total. The van der Waals surface area contributed by atoms with Crippen LogP contribution in [-0.4, -0.2) is 4.98 Å². The van der Waals surface area contributed by atoms with Gasteiger partial charge < -0.3 is 0 Å². The summed E-state index contributed by atoms with van der Waals surface area (Å²) in [6.07, 6.45) is 1.81. The van der Waals surface area contributed by atoms with Gasteiger partial charge in [-0.1, -0.05) is 35.9 Å². The van der Waals surface area contributed by atoms with Crippen molar-refractivity contribution in [2.75, 3.05) is 0 Å². The third kappa shape index (κ3) is 2.66. The molecule has 0 bridgehead atoms. The third-order valence-corrected chi connectivity index (χ3v) is 3.87. The number of nitrogens with two attached hydrogens (primary N) is 1. The molecular weight excluding hydrogens is 258 g/mol. The van der Waals surface area contributed by atoms with E-state index in [-0.39, 0.29) is 6.04 Å². The van der Waals surface area contributed by atoms with Crippen molar-refractivity contribution >= 4 is 10.9 Å². The maximum absolute atomic E-state index is 5.83. The average Bonchev–Trinajstić information content (AvgIpc) is 2.51. The van der Waals surface area contributed by atoms with Crippen LogP contribution in [0.15, 0.2) is 54.7 Å². The molecule has 2 aromatic carbocycles. The van der Waals surface area contributed by atoms with Crippen LogP contribution in [0.25, 0.3) is 10.9 Å². The first kappa shape index (κ1) is 13.7. The lowest BCUT2D eigenvalue weighted by molar-refractivity contribution is 0.634. The molecule has 106 valence electrons. The average molecular weight is 277 g/mol. The normalized spacial score (nSPS) is 12.5.